The zero-order chi connectivity index (χ0) is 18.8. The number of rotatable bonds is 8. The highest BCUT2D eigenvalue weighted by atomic mass is 16.2. The van der Waals surface area contributed by atoms with Gasteiger partial charge in [-0.1, -0.05) is 26.2 Å². The molecule has 144 valence electrons. The van der Waals surface area contributed by atoms with E-state index in [1.807, 2.05) is 4.90 Å². The fourth-order valence-electron chi connectivity index (χ4n) is 3.68. The Labute approximate surface area is 156 Å². The Hall–Kier alpha value is -2.23. The molecule has 2 amide bonds. The van der Waals surface area contributed by atoms with Crippen molar-refractivity contribution in [3.63, 3.8) is 0 Å². The molecule has 0 bridgehead atoms. The summed E-state index contributed by atoms with van der Waals surface area (Å²) in [6, 6.07) is 2.16. The van der Waals surface area contributed by atoms with Crippen LogP contribution in [-0.4, -0.2) is 40.8 Å². The molecule has 1 aliphatic rings. The number of nitrogens with one attached hydrogen (secondary N) is 2. The van der Waals surface area contributed by atoms with Crippen molar-refractivity contribution in [2.24, 2.45) is 5.92 Å². The lowest BCUT2D eigenvalue weighted by atomic mass is 9.96. The highest BCUT2D eigenvalue weighted by molar-refractivity contribution is 5.74. The van der Waals surface area contributed by atoms with E-state index in [0.29, 0.717) is 12.1 Å². The van der Waals surface area contributed by atoms with Crippen LogP contribution in [-0.2, 0) is 6.42 Å². The molecule has 2 rings (SSSR count). The molecule has 1 aromatic heterocycles. The number of unbranched alkanes of at least 4 members (excludes halogenated alkanes) is 2. The quantitative estimate of drug-likeness (QED) is 0.618. The van der Waals surface area contributed by atoms with Crippen LogP contribution in [0.3, 0.4) is 0 Å². The standard InChI is InChI=1S/C19H32N6O/c1-2-7-15-8-6-12-25(13-10-15)19(26)22-11-5-3-4-9-17-16(14-20)18(21)24-23-17/h15H,2-13H2,1H3,(H,22,26)(H3,21,23,24)/t15-/m1/s1. The van der Waals surface area contributed by atoms with Gasteiger partial charge in [-0.05, 0) is 44.4 Å². The number of hydrogen-bond donors (Lipinski definition) is 3. The van der Waals surface area contributed by atoms with E-state index in [0.717, 1.165) is 63.2 Å². The first-order chi connectivity index (χ1) is 12.7. The van der Waals surface area contributed by atoms with E-state index >= 15 is 0 Å². The number of aromatic nitrogens is 2. The van der Waals surface area contributed by atoms with Gasteiger partial charge in [0.15, 0.2) is 5.82 Å². The predicted molar refractivity (Wildman–Crippen MR) is 102 cm³/mol. The Morgan fingerprint density at radius 1 is 1.38 bits per heavy atom. The number of carbonyl (C=O) groups excluding carboxylic acids is 1. The highest BCUT2D eigenvalue weighted by Crippen LogP contribution is 2.21. The van der Waals surface area contributed by atoms with Gasteiger partial charge in [0.1, 0.15) is 11.6 Å². The van der Waals surface area contributed by atoms with Crippen LogP contribution in [0.4, 0.5) is 10.6 Å². The molecule has 1 atom stereocenters. The summed E-state index contributed by atoms with van der Waals surface area (Å²) in [5, 5.41) is 18.8. The maximum Gasteiger partial charge on any atom is 0.317 e. The number of carbonyl (C=O) groups is 1. The van der Waals surface area contributed by atoms with Gasteiger partial charge in [-0.25, -0.2) is 4.79 Å². The van der Waals surface area contributed by atoms with Gasteiger partial charge in [0.25, 0.3) is 0 Å². The Morgan fingerprint density at radius 3 is 3.00 bits per heavy atom. The Bertz CT molecular complexity index is 606. The summed E-state index contributed by atoms with van der Waals surface area (Å²) in [5.74, 6) is 1.06. The highest BCUT2D eigenvalue weighted by Gasteiger charge is 2.19. The van der Waals surface area contributed by atoms with Crippen molar-refractivity contribution in [1.29, 1.82) is 5.26 Å². The maximum atomic E-state index is 12.3. The third-order valence-corrected chi connectivity index (χ3v) is 5.19. The van der Waals surface area contributed by atoms with Crippen molar-refractivity contribution in [2.75, 3.05) is 25.4 Å². The van der Waals surface area contributed by atoms with Crippen LogP contribution in [0.25, 0.3) is 0 Å². The van der Waals surface area contributed by atoms with Crippen molar-refractivity contribution in [2.45, 2.75) is 64.7 Å². The number of amides is 2. The molecule has 0 spiro atoms. The second-order valence-corrected chi connectivity index (χ2v) is 7.19. The molecule has 7 heteroatoms. The van der Waals surface area contributed by atoms with Gasteiger partial charge in [-0.3, -0.25) is 5.10 Å². The Balaban J connectivity index is 1.59. The van der Waals surface area contributed by atoms with Crippen LogP contribution >= 0.6 is 0 Å². The summed E-state index contributed by atoms with van der Waals surface area (Å²) in [7, 11) is 0. The van der Waals surface area contributed by atoms with Gasteiger partial charge < -0.3 is 16.0 Å². The molecule has 26 heavy (non-hydrogen) atoms. The summed E-state index contributed by atoms with van der Waals surface area (Å²) < 4.78 is 0. The van der Waals surface area contributed by atoms with E-state index in [1.165, 1.54) is 19.3 Å². The minimum Gasteiger partial charge on any atom is -0.381 e. The van der Waals surface area contributed by atoms with Gasteiger partial charge in [0.2, 0.25) is 0 Å². The first-order valence-electron chi connectivity index (χ1n) is 9.91. The van der Waals surface area contributed by atoms with Crippen LogP contribution in [0.2, 0.25) is 0 Å². The van der Waals surface area contributed by atoms with E-state index in [2.05, 4.69) is 28.5 Å². The molecule has 4 N–H and O–H groups in total. The summed E-state index contributed by atoms with van der Waals surface area (Å²) in [5.41, 5.74) is 6.89. The van der Waals surface area contributed by atoms with Crippen molar-refractivity contribution in [1.82, 2.24) is 20.4 Å². The SMILES string of the molecule is CCC[C@@H]1CCCN(C(=O)NCCCCCc2[nH]nc(N)c2C#N)CC1. The summed E-state index contributed by atoms with van der Waals surface area (Å²) >= 11 is 0. The molecule has 1 aliphatic heterocycles. The second kappa shape index (κ2) is 10.7. The molecule has 7 nitrogen and oxygen atoms in total. The number of nitrogens with two attached hydrogens (primary N) is 1. The minimum absolute atomic E-state index is 0.0789. The predicted octanol–water partition coefficient (Wildman–Crippen LogP) is 3.19. The van der Waals surface area contributed by atoms with E-state index in [4.69, 9.17) is 11.0 Å². The lowest BCUT2D eigenvalue weighted by Gasteiger charge is -2.21. The van der Waals surface area contributed by atoms with Crippen LogP contribution in [0.1, 0.15) is 69.5 Å². The maximum absolute atomic E-state index is 12.3. The molecule has 0 radical (unpaired) electrons. The van der Waals surface area contributed by atoms with Crippen LogP contribution in [0.5, 0.6) is 0 Å². The van der Waals surface area contributed by atoms with Gasteiger partial charge in [-0.2, -0.15) is 10.4 Å². The second-order valence-electron chi connectivity index (χ2n) is 7.19. The average molecular weight is 361 g/mol. The molecule has 2 heterocycles. The lowest BCUT2D eigenvalue weighted by Crippen LogP contribution is -2.40. The third-order valence-electron chi connectivity index (χ3n) is 5.19. The normalized spacial score (nSPS) is 17.5. The molecular weight excluding hydrogens is 328 g/mol. The fraction of sp³-hybridized carbons (Fsp3) is 0.737. The molecule has 1 fully saturated rings. The number of aryl methyl sites for hydroxylation is 1. The average Bonchev–Trinajstić information content (AvgIpc) is 2.83. The van der Waals surface area contributed by atoms with E-state index in [9.17, 15) is 4.79 Å². The molecule has 0 saturated carbocycles. The number of anilines is 1. The topological polar surface area (TPSA) is 111 Å². The van der Waals surface area contributed by atoms with Crippen molar-refractivity contribution in [3.05, 3.63) is 11.3 Å². The number of nitriles is 1. The Morgan fingerprint density at radius 2 is 2.23 bits per heavy atom. The number of H-pyrrole nitrogens is 1. The zero-order valence-corrected chi connectivity index (χ0v) is 15.9. The van der Waals surface area contributed by atoms with E-state index < -0.39 is 0 Å². The number of urea groups is 1. The summed E-state index contributed by atoms with van der Waals surface area (Å²) in [6.07, 6.45) is 9.64. The number of aromatic amines is 1. The van der Waals surface area contributed by atoms with Crippen molar-refractivity contribution in [3.8, 4) is 6.07 Å². The van der Waals surface area contributed by atoms with Crippen LogP contribution in [0.15, 0.2) is 0 Å². The molecular formula is C19H32N6O. The first kappa shape index (κ1) is 20.1. The van der Waals surface area contributed by atoms with Crippen molar-refractivity contribution >= 4 is 11.8 Å². The third kappa shape index (κ3) is 5.94. The monoisotopic (exact) mass is 360 g/mol. The smallest absolute Gasteiger partial charge is 0.317 e. The van der Waals surface area contributed by atoms with E-state index in [-0.39, 0.29) is 11.8 Å². The number of nitrogen functional groups attached to an aromatic ring is 1. The van der Waals surface area contributed by atoms with Crippen molar-refractivity contribution < 1.29 is 4.79 Å². The van der Waals surface area contributed by atoms with Gasteiger partial charge in [-0.15, -0.1) is 0 Å². The molecule has 0 aromatic carbocycles. The first-order valence-corrected chi connectivity index (χ1v) is 9.91. The number of nitrogens with zero attached hydrogens (tertiary/aromatic N) is 3. The van der Waals surface area contributed by atoms with Crippen LogP contribution in [0, 0.1) is 17.2 Å². The summed E-state index contributed by atoms with van der Waals surface area (Å²) in [6.45, 7) is 4.70. The number of hydrogen-bond acceptors (Lipinski definition) is 4. The van der Waals surface area contributed by atoms with Crippen LogP contribution < -0.4 is 11.1 Å². The number of likely N-dealkylation sites (tertiary alicyclic amines) is 1. The molecule has 0 unspecified atom stereocenters. The molecule has 1 aromatic rings. The molecule has 0 aliphatic carbocycles. The Kier molecular flexibility index (Phi) is 8.26. The van der Waals surface area contributed by atoms with Gasteiger partial charge >= 0.3 is 6.03 Å². The lowest BCUT2D eigenvalue weighted by molar-refractivity contribution is 0.199. The molecule has 1 saturated heterocycles. The van der Waals surface area contributed by atoms with E-state index in [1.54, 1.807) is 0 Å². The summed E-state index contributed by atoms with van der Waals surface area (Å²) in [4.78, 5) is 14.3. The largest absolute Gasteiger partial charge is 0.381 e. The van der Waals surface area contributed by atoms with Gasteiger partial charge in [0, 0.05) is 19.6 Å². The fourth-order valence-corrected chi connectivity index (χ4v) is 3.68. The zero-order valence-electron chi connectivity index (χ0n) is 15.9. The minimum atomic E-state index is 0.0789. The van der Waals surface area contributed by atoms with Gasteiger partial charge in [0.05, 0.1) is 5.69 Å².